The molecule has 3 aliphatic rings. The molecule has 9 heteroatoms. The van der Waals surface area contributed by atoms with Gasteiger partial charge in [0.25, 0.3) is 0 Å². The van der Waals surface area contributed by atoms with E-state index in [1.165, 1.54) is 0 Å². The summed E-state index contributed by atoms with van der Waals surface area (Å²) in [6, 6.07) is 2.33. The topological polar surface area (TPSA) is 106 Å². The maximum absolute atomic E-state index is 12.6. The normalized spacial score (nSPS) is 26.4. The zero-order valence-corrected chi connectivity index (χ0v) is 15.4. The predicted molar refractivity (Wildman–Crippen MR) is 99.9 cm³/mol. The number of tetrazole rings is 1. The lowest BCUT2D eigenvalue weighted by Gasteiger charge is -2.17. The Kier molecular flexibility index (Phi) is 4.14. The van der Waals surface area contributed by atoms with Gasteiger partial charge in [0.05, 0.1) is 6.04 Å². The fourth-order valence-electron chi connectivity index (χ4n) is 4.64. The summed E-state index contributed by atoms with van der Waals surface area (Å²) >= 11 is 0. The summed E-state index contributed by atoms with van der Waals surface area (Å²) in [4.78, 5) is 30.3. The minimum Gasteiger partial charge on any atom is -0.339 e. The first kappa shape index (κ1) is 17.0. The van der Waals surface area contributed by atoms with Crippen LogP contribution < -0.4 is 5.32 Å². The molecule has 1 aliphatic carbocycles. The number of aromatic nitrogens is 5. The Balaban J connectivity index is 1.20. The van der Waals surface area contributed by atoms with Crippen molar-refractivity contribution in [1.29, 1.82) is 0 Å². The molecule has 0 radical (unpaired) electrons. The summed E-state index contributed by atoms with van der Waals surface area (Å²) in [5, 5.41) is 14.2. The molecular weight excluding hydrogens is 358 g/mol. The molecule has 4 heterocycles. The van der Waals surface area contributed by atoms with E-state index in [4.69, 9.17) is 0 Å². The number of rotatable bonds is 3. The first-order chi connectivity index (χ1) is 13.7. The Morgan fingerprint density at radius 3 is 2.79 bits per heavy atom. The van der Waals surface area contributed by atoms with E-state index >= 15 is 0 Å². The average molecular weight is 379 g/mol. The number of carbonyl (C=O) groups is 2. The highest BCUT2D eigenvalue weighted by molar-refractivity contribution is 5.94. The second-order valence-corrected chi connectivity index (χ2v) is 7.84. The molecule has 9 nitrogen and oxygen atoms in total. The minimum absolute atomic E-state index is 0.000346. The van der Waals surface area contributed by atoms with Crippen LogP contribution in [0.3, 0.4) is 0 Å². The van der Waals surface area contributed by atoms with Gasteiger partial charge in [0.1, 0.15) is 12.1 Å². The van der Waals surface area contributed by atoms with E-state index in [1.54, 1.807) is 18.6 Å². The molecule has 2 aromatic heterocycles. The van der Waals surface area contributed by atoms with Crippen LogP contribution in [0.1, 0.15) is 36.4 Å². The van der Waals surface area contributed by atoms with Crippen LogP contribution in [0.2, 0.25) is 0 Å². The number of likely N-dealkylation sites (tertiary alicyclic amines) is 1. The molecular formula is C19H21N7O2. The number of pyridine rings is 1. The molecule has 3 atom stereocenters. The van der Waals surface area contributed by atoms with Gasteiger partial charge in [-0.05, 0) is 64.8 Å². The van der Waals surface area contributed by atoms with Crippen LogP contribution in [-0.2, 0) is 16.0 Å². The summed E-state index contributed by atoms with van der Waals surface area (Å²) < 4.78 is 1.84. The number of hydrogen-bond acceptors (Lipinski definition) is 6. The van der Waals surface area contributed by atoms with E-state index in [9.17, 15) is 9.59 Å². The maximum atomic E-state index is 12.6. The van der Waals surface area contributed by atoms with Gasteiger partial charge in [-0.15, -0.1) is 5.10 Å². The number of nitrogens with one attached hydrogen (secondary N) is 1. The summed E-state index contributed by atoms with van der Waals surface area (Å²) in [5.74, 6) is 1.70. The second-order valence-electron chi connectivity index (χ2n) is 7.84. The number of fused-ring (bicyclic) bond motifs is 2. The molecule has 1 saturated carbocycles. The zero-order chi connectivity index (χ0) is 19.1. The van der Waals surface area contributed by atoms with Crippen LogP contribution in [0.15, 0.2) is 24.7 Å². The van der Waals surface area contributed by atoms with Crippen molar-refractivity contribution in [3.63, 3.8) is 0 Å². The van der Waals surface area contributed by atoms with E-state index in [0.29, 0.717) is 36.5 Å². The monoisotopic (exact) mass is 379 g/mol. The first-order valence-electron chi connectivity index (χ1n) is 9.64. The Morgan fingerprint density at radius 1 is 1.21 bits per heavy atom. The lowest BCUT2D eigenvalue weighted by Crippen LogP contribution is -2.28. The van der Waals surface area contributed by atoms with Gasteiger partial charge in [0.15, 0.2) is 0 Å². The van der Waals surface area contributed by atoms with Crippen LogP contribution in [-0.4, -0.2) is 55.0 Å². The van der Waals surface area contributed by atoms with Crippen LogP contribution in [0.5, 0.6) is 0 Å². The molecule has 1 saturated heterocycles. The van der Waals surface area contributed by atoms with Crippen molar-refractivity contribution < 1.29 is 9.59 Å². The number of anilines is 1. The molecule has 1 N–H and O–H groups in total. The van der Waals surface area contributed by atoms with Crippen LogP contribution >= 0.6 is 0 Å². The molecule has 28 heavy (non-hydrogen) atoms. The Morgan fingerprint density at radius 2 is 2.04 bits per heavy atom. The van der Waals surface area contributed by atoms with Crippen LogP contribution in [0.4, 0.5) is 5.82 Å². The van der Waals surface area contributed by atoms with Crippen molar-refractivity contribution in [3.05, 3.63) is 35.8 Å². The Labute approximate surface area is 161 Å². The number of aryl methyl sites for hydroxylation is 1. The summed E-state index contributed by atoms with van der Waals surface area (Å²) in [5.41, 5.74) is 1.89. The van der Waals surface area contributed by atoms with Gasteiger partial charge in [-0.3, -0.25) is 9.59 Å². The molecule has 0 bridgehead atoms. The molecule has 2 fully saturated rings. The summed E-state index contributed by atoms with van der Waals surface area (Å²) in [6.07, 6.45) is 9.99. The average Bonchev–Trinajstić information content (AvgIpc) is 3.41. The van der Waals surface area contributed by atoms with Gasteiger partial charge in [-0.2, -0.15) is 0 Å². The smallest absolute Gasteiger partial charge is 0.246 e. The summed E-state index contributed by atoms with van der Waals surface area (Å²) in [7, 11) is 0. The third-order valence-electron chi connectivity index (χ3n) is 6.06. The highest BCUT2D eigenvalue weighted by Crippen LogP contribution is 2.43. The molecule has 1 unspecified atom stereocenters. The minimum atomic E-state index is 0.000346. The van der Waals surface area contributed by atoms with E-state index in [2.05, 4.69) is 25.8 Å². The van der Waals surface area contributed by atoms with E-state index in [1.807, 2.05) is 21.7 Å². The van der Waals surface area contributed by atoms with Crippen molar-refractivity contribution in [1.82, 2.24) is 30.1 Å². The highest BCUT2D eigenvalue weighted by Gasteiger charge is 2.42. The van der Waals surface area contributed by atoms with Crippen LogP contribution in [0.25, 0.3) is 6.08 Å². The summed E-state index contributed by atoms with van der Waals surface area (Å²) in [6.45, 7) is 1.59. The van der Waals surface area contributed by atoms with E-state index < -0.39 is 0 Å². The Bertz CT molecular complexity index is 926. The molecule has 2 amide bonds. The van der Waals surface area contributed by atoms with E-state index in [0.717, 1.165) is 37.1 Å². The van der Waals surface area contributed by atoms with Crippen LogP contribution in [0, 0.1) is 11.8 Å². The third-order valence-corrected chi connectivity index (χ3v) is 6.06. The fraction of sp³-hybridized carbons (Fsp3) is 0.474. The molecule has 0 aromatic carbocycles. The quantitative estimate of drug-likeness (QED) is 0.800. The van der Waals surface area contributed by atoms with Gasteiger partial charge in [-0.25, -0.2) is 9.67 Å². The zero-order valence-electron chi connectivity index (χ0n) is 15.4. The number of hydrogen-bond donors (Lipinski definition) is 1. The van der Waals surface area contributed by atoms with Crippen molar-refractivity contribution in [2.24, 2.45) is 11.8 Å². The maximum Gasteiger partial charge on any atom is 0.246 e. The first-order valence-corrected chi connectivity index (χ1v) is 9.64. The van der Waals surface area contributed by atoms with Crippen molar-refractivity contribution >= 4 is 23.7 Å². The fourth-order valence-corrected chi connectivity index (χ4v) is 4.64. The van der Waals surface area contributed by atoms with Gasteiger partial charge in [0.2, 0.25) is 11.8 Å². The molecule has 144 valence electrons. The highest BCUT2D eigenvalue weighted by atomic mass is 16.2. The number of amides is 2. The van der Waals surface area contributed by atoms with Crippen molar-refractivity contribution in [2.75, 3.05) is 18.4 Å². The van der Waals surface area contributed by atoms with E-state index in [-0.39, 0.29) is 11.8 Å². The number of carbonyl (C=O) groups excluding carboxylic acids is 2. The van der Waals surface area contributed by atoms with Crippen molar-refractivity contribution in [2.45, 2.75) is 31.7 Å². The van der Waals surface area contributed by atoms with Gasteiger partial charge in [0, 0.05) is 31.8 Å². The van der Waals surface area contributed by atoms with Gasteiger partial charge in [-0.1, -0.05) is 0 Å². The lowest BCUT2D eigenvalue weighted by atomic mass is 10.0. The Hall–Kier alpha value is -3.10. The van der Waals surface area contributed by atoms with Crippen molar-refractivity contribution in [3.8, 4) is 0 Å². The van der Waals surface area contributed by atoms with Gasteiger partial charge < -0.3 is 10.2 Å². The second kappa shape index (κ2) is 6.81. The SMILES string of the molecule is O=C1CCc2cc(C=CC(=O)N3C[C@H]4CC(n5cnnn5)C[C@H]4C3)cnc2N1. The lowest BCUT2D eigenvalue weighted by molar-refractivity contribution is -0.125. The number of nitrogens with zero attached hydrogens (tertiary/aromatic N) is 6. The largest absolute Gasteiger partial charge is 0.339 e. The van der Waals surface area contributed by atoms with Gasteiger partial charge >= 0.3 is 0 Å². The third kappa shape index (κ3) is 3.17. The molecule has 0 spiro atoms. The molecule has 2 aliphatic heterocycles. The molecule has 2 aromatic rings. The standard InChI is InChI=1S/C19H21N7O2/c27-17-3-2-13-5-12(8-20-19(13)22-17)1-4-18(28)25-9-14-6-16(7-15(14)10-25)26-11-21-23-24-26/h1,4-5,8,11,14-16H,2-3,6-7,9-10H2,(H,20,22,27)/t14-,15+,16?. The predicted octanol–water partition coefficient (Wildman–Crippen LogP) is 1.08. The molecule has 5 rings (SSSR count).